The molecule has 0 aliphatic carbocycles. The van der Waals surface area contributed by atoms with Gasteiger partial charge >= 0.3 is 0 Å². The minimum atomic E-state index is 0.0713. The summed E-state index contributed by atoms with van der Waals surface area (Å²) >= 11 is 3.40. The van der Waals surface area contributed by atoms with Gasteiger partial charge in [0.25, 0.3) is 0 Å². The summed E-state index contributed by atoms with van der Waals surface area (Å²) in [7, 11) is 0. The van der Waals surface area contributed by atoms with Gasteiger partial charge in [0.1, 0.15) is 5.01 Å². The number of hydrogen-bond acceptors (Lipinski definition) is 5. The SMILES string of the molecule is O=C(/C=C/c1nc2ccccc2s1)N1CCC(c2nc3ccccc3s2)CC1. The maximum Gasteiger partial charge on any atom is 0.246 e. The van der Waals surface area contributed by atoms with Gasteiger partial charge in [-0.3, -0.25) is 4.79 Å². The second-order valence-corrected chi connectivity index (χ2v) is 9.10. The number of nitrogens with zero attached hydrogens (tertiary/aromatic N) is 3. The predicted octanol–water partition coefficient (Wildman–Crippen LogP) is 5.33. The van der Waals surface area contributed by atoms with E-state index in [1.54, 1.807) is 28.7 Å². The molecule has 2 aromatic carbocycles. The lowest BCUT2D eigenvalue weighted by atomic mass is 9.97. The van der Waals surface area contributed by atoms with Gasteiger partial charge in [-0.1, -0.05) is 24.3 Å². The molecule has 1 aliphatic heterocycles. The van der Waals surface area contributed by atoms with Crippen LogP contribution in [0.15, 0.2) is 54.6 Å². The van der Waals surface area contributed by atoms with Crippen molar-refractivity contribution in [2.45, 2.75) is 18.8 Å². The van der Waals surface area contributed by atoms with Gasteiger partial charge in [0.2, 0.25) is 5.91 Å². The van der Waals surface area contributed by atoms with E-state index < -0.39 is 0 Å². The highest BCUT2D eigenvalue weighted by molar-refractivity contribution is 7.19. The summed E-state index contributed by atoms with van der Waals surface area (Å²) in [5, 5.41) is 2.08. The van der Waals surface area contributed by atoms with Crippen LogP contribution >= 0.6 is 22.7 Å². The molecular formula is C22H19N3OS2. The number of amides is 1. The standard InChI is InChI=1S/C22H19N3OS2/c26-21(10-9-20-23-16-5-1-3-7-18(16)27-20)25-13-11-15(12-14-25)22-24-17-6-2-4-8-19(17)28-22/h1-10,15H,11-14H2/b10-9+. The van der Waals surface area contributed by atoms with Crippen LogP contribution in [0.1, 0.15) is 28.8 Å². The molecule has 6 heteroatoms. The average Bonchev–Trinajstić information content (AvgIpc) is 3.35. The first kappa shape index (κ1) is 17.5. The Morgan fingerprint density at radius 3 is 2.25 bits per heavy atom. The average molecular weight is 406 g/mol. The number of benzene rings is 2. The Morgan fingerprint density at radius 1 is 0.929 bits per heavy atom. The second-order valence-electron chi connectivity index (χ2n) is 6.97. The van der Waals surface area contributed by atoms with E-state index in [0.717, 1.165) is 46.7 Å². The summed E-state index contributed by atoms with van der Waals surface area (Å²) in [6.07, 6.45) is 5.45. The Bertz CT molecular complexity index is 1100. The van der Waals surface area contributed by atoms with E-state index in [0.29, 0.717) is 5.92 Å². The Morgan fingerprint density at radius 2 is 1.57 bits per heavy atom. The van der Waals surface area contributed by atoms with Crippen LogP contribution in [0.25, 0.3) is 26.5 Å². The van der Waals surface area contributed by atoms with Crippen molar-refractivity contribution in [3.8, 4) is 0 Å². The molecule has 0 bridgehead atoms. The van der Waals surface area contributed by atoms with Gasteiger partial charge in [-0.15, -0.1) is 22.7 Å². The van der Waals surface area contributed by atoms with E-state index in [-0.39, 0.29) is 5.91 Å². The second kappa shape index (κ2) is 7.45. The zero-order valence-corrected chi connectivity index (χ0v) is 16.9. The van der Waals surface area contributed by atoms with Crippen molar-refractivity contribution in [3.63, 3.8) is 0 Å². The van der Waals surface area contributed by atoms with Crippen molar-refractivity contribution >= 4 is 55.1 Å². The van der Waals surface area contributed by atoms with E-state index in [1.165, 1.54) is 9.71 Å². The lowest BCUT2D eigenvalue weighted by Crippen LogP contribution is -2.36. The lowest BCUT2D eigenvalue weighted by molar-refractivity contribution is -0.126. The van der Waals surface area contributed by atoms with E-state index >= 15 is 0 Å². The minimum Gasteiger partial charge on any atom is -0.339 e. The number of thiazole rings is 2. The highest BCUT2D eigenvalue weighted by atomic mass is 32.1. The number of piperidine rings is 1. The molecule has 0 radical (unpaired) electrons. The number of rotatable bonds is 3. The third kappa shape index (κ3) is 3.45. The third-order valence-electron chi connectivity index (χ3n) is 5.15. The lowest BCUT2D eigenvalue weighted by Gasteiger charge is -2.30. The van der Waals surface area contributed by atoms with Gasteiger partial charge in [0.15, 0.2) is 0 Å². The zero-order valence-electron chi connectivity index (χ0n) is 15.2. The molecule has 4 nitrogen and oxygen atoms in total. The molecule has 0 saturated carbocycles. The minimum absolute atomic E-state index is 0.0713. The van der Waals surface area contributed by atoms with E-state index in [9.17, 15) is 4.79 Å². The maximum absolute atomic E-state index is 12.6. The van der Waals surface area contributed by atoms with Gasteiger partial charge in [-0.2, -0.15) is 0 Å². The van der Waals surface area contributed by atoms with Crippen LogP contribution in [-0.4, -0.2) is 33.9 Å². The zero-order chi connectivity index (χ0) is 18.9. The van der Waals surface area contributed by atoms with Crippen LogP contribution in [0.5, 0.6) is 0 Å². The number of carbonyl (C=O) groups is 1. The summed E-state index contributed by atoms with van der Waals surface area (Å²) in [5.41, 5.74) is 2.07. The normalized spacial score (nSPS) is 15.8. The molecule has 3 heterocycles. The first-order chi connectivity index (χ1) is 13.8. The molecule has 0 unspecified atom stereocenters. The summed E-state index contributed by atoms with van der Waals surface area (Å²) in [5.74, 6) is 0.525. The molecule has 1 saturated heterocycles. The first-order valence-electron chi connectivity index (χ1n) is 9.44. The van der Waals surface area contributed by atoms with Gasteiger partial charge in [-0.25, -0.2) is 9.97 Å². The Balaban J connectivity index is 1.22. The highest BCUT2D eigenvalue weighted by Gasteiger charge is 2.25. The van der Waals surface area contributed by atoms with Crippen LogP contribution in [0.2, 0.25) is 0 Å². The fraction of sp³-hybridized carbons (Fsp3) is 0.227. The summed E-state index contributed by atoms with van der Waals surface area (Å²) in [6.45, 7) is 1.56. The molecule has 0 spiro atoms. The van der Waals surface area contributed by atoms with Crippen LogP contribution in [0.4, 0.5) is 0 Å². The number of likely N-dealkylation sites (tertiary alicyclic amines) is 1. The monoisotopic (exact) mass is 405 g/mol. The fourth-order valence-electron chi connectivity index (χ4n) is 3.62. The highest BCUT2D eigenvalue weighted by Crippen LogP contribution is 2.33. The van der Waals surface area contributed by atoms with E-state index in [2.05, 4.69) is 29.2 Å². The van der Waals surface area contributed by atoms with Crippen molar-refractivity contribution in [2.75, 3.05) is 13.1 Å². The Kier molecular flexibility index (Phi) is 4.66. The molecule has 4 aromatic rings. The molecule has 2 aromatic heterocycles. The molecule has 1 fully saturated rings. The third-order valence-corrected chi connectivity index (χ3v) is 7.35. The van der Waals surface area contributed by atoms with Gasteiger partial charge in [0, 0.05) is 25.1 Å². The molecule has 1 amide bonds. The predicted molar refractivity (Wildman–Crippen MR) is 117 cm³/mol. The number of para-hydroxylation sites is 2. The molecule has 0 N–H and O–H groups in total. The Hall–Kier alpha value is -2.57. The van der Waals surface area contributed by atoms with Crippen LogP contribution < -0.4 is 0 Å². The number of hydrogen-bond donors (Lipinski definition) is 0. The molecule has 1 aliphatic rings. The number of fused-ring (bicyclic) bond motifs is 2. The molecular weight excluding hydrogens is 386 g/mol. The Labute approximate surface area is 171 Å². The van der Waals surface area contributed by atoms with Crippen molar-refractivity contribution < 1.29 is 4.79 Å². The quantitative estimate of drug-likeness (QED) is 0.433. The summed E-state index contributed by atoms with van der Waals surface area (Å²) in [6, 6.07) is 16.3. The summed E-state index contributed by atoms with van der Waals surface area (Å²) in [4.78, 5) is 23.9. The van der Waals surface area contributed by atoms with Crippen LogP contribution in [-0.2, 0) is 4.79 Å². The molecule has 5 rings (SSSR count). The van der Waals surface area contributed by atoms with E-state index in [1.807, 2.05) is 35.2 Å². The molecule has 140 valence electrons. The summed E-state index contributed by atoms with van der Waals surface area (Å²) < 4.78 is 2.39. The first-order valence-corrected chi connectivity index (χ1v) is 11.1. The van der Waals surface area contributed by atoms with Crippen molar-refractivity contribution in [1.29, 1.82) is 0 Å². The van der Waals surface area contributed by atoms with Crippen molar-refractivity contribution in [1.82, 2.24) is 14.9 Å². The van der Waals surface area contributed by atoms with Crippen molar-refractivity contribution in [3.05, 3.63) is 64.6 Å². The topological polar surface area (TPSA) is 46.1 Å². The largest absolute Gasteiger partial charge is 0.339 e. The van der Waals surface area contributed by atoms with Gasteiger partial charge < -0.3 is 4.90 Å². The molecule has 0 atom stereocenters. The van der Waals surface area contributed by atoms with Crippen LogP contribution in [0.3, 0.4) is 0 Å². The van der Waals surface area contributed by atoms with E-state index in [4.69, 9.17) is 4.98 Å². The fourth-order valence-corrected chi connectivity index (χ4v) is 5.63. The van der Waals surface area contributed by atoms with Gasteiger partial charge in [-0.05, 0) is 43.2 Å². The van der Waals surface area contributed by atoms with Gasteiger partial charge in [0.05, 0.1) is 25.4 Å². The smallest absolute Gasteiger partial charge is 0.246 e. The van der Waals surface area contributed by atoms with Crippen molar-refractivity contribution in [2.24, 2.45) is 0 Å². The van der Waals surface area contributed by atoms with Crippen LogP contribution in [0, 0.1) is 0 Å². The number of carbonyl (C=O) groups excluding carboxylic acids is 1. The molecule has 28 heavy (non-hydrogen) atoms. The number of aromatic nitrogens is 2. The maximum atomic E-state index is 12.6.